The van der Waals surface area contributed by atoms with Crippen LogP contribution in [0.3, 0.4) is 0 Å². The second kappa shape index (κ2) is 7.55. The third-order valence-electron chi connectivity index (χ3n) is 6.04. The second-order valence-corrected chi connectivity index (χ2v) is 8.26. The smallest absolute Gasteiger partial charge is 0.254 e. The zero-order valence-electron chi connectivity index (χ0n) is 17.3. The van der Waals surface area contributed by atoms with E-state index in [9.17, 15) is 13.6 Å². The summed E-state index contributed by atoms with van der Waals surface area (Å²) >= 11 is 0. The molecule has 0 bridgehead atoms. The van der Waals surface area contributed by atoms with Crippen LogP contribution in [0.4, 0.5) is 20.4 Å². The lowest BCUT2D eigenvalue weighted by Gasteiger charge is -2.44. The van der Waals surface area contributed by atoms with E-state index in [4.69, 9.17) is 0 Å². The summed E-state index contributed by atoms with van der Waals surface area (Å²) < 4.78 is 26.8. The van der Waals surface area contributed by atoms with Gasteiger partial charge in [0.05, 0.1) is 11.2 Å². The molecule has 0 atom stereocenters. The second-order valence-electron chi connectivity index (χ2n) is 8.26. The first-order valence-corrected chi connectivity index (χ1v) is 10.4. The number of H-pyrrole nitrogens is 1. The molecule has 2 aliphatic heterocycles. The number of amides is 1. The molecule has 0 saturated carbocycles. The molecule has 0 aliphatic carbocycles. The van der Waals surface area contributed by atoms with Gasteiger partial charge in [-0.2, -0.15) is 0 Å². The summed E-state index contributed by atoms with van der Waals surface area (Å²) in [6, 6.07) is 8.74. The van der Waals surface area contributed by atoms with Crippen LogP contribution in [0.5, 0.6) is 0 Å². The van der Waals surface area contributed by atoms with Gasteiger partial charge in [0.15, 0.2) is 0 Å². The molecule has 2 aromatic heterocycles. The Morgan fingerprint density at radius 3 is 2.73 bits per heavy atom. The molecule has 0 spiro atoms. The number of hydrogen-bond donors (Lipinski definition) is 2. The first kappa shape index (κ1) is 19.7. The van der Waals surface area contributed by atoms with E-state index < -0.39 is 11.6 Å². The number of carbonyl (C=O) groups is 1. The Kier molecular flexibility index (Phi) is 4.50. The van der Waals surface area contributed by atoms with Crippen molar-refractivity contribution in [3.8, 4) is 0 Å². The van der Waals surface area contributed by atoms with Crippen molar-refractivity contribution in [2.45, 2.75) is 19.1 Å². The quantitative estimate of drug-likeness (QED) is 0.495. The zero-order valence-corrected chi connectivity index (χ0v) is 17.3. The highest BCUT2D eigenvalue weighted by Gasteiger charge is 2.38. The Balaban J connectivity index is 1.09. The number of anilines is 2. The minimum Gasteiger partial charge on any atom is -0.335 e. The number of rotatable bonds is 4. The first-order chi connectivity index (χ1) is 16.0. The van der Waals surface area contributed by atoms with Crippen LogP contribution in [0, 0.1) is 11.6 Å². The Morgan fingerprint density at radius 2 is 1.91 bits per heavy atom. The molecule has 4 heterocycles. The molecule has 11 heteroatoms. The molecule has 6 rings (SSSR count). The fourth-order valence-electron chi connectivity index (χ4n) is 4.26. The Morgan fingerprint density at radius 1 is 1.09 bits per heavy atom. The van der Waals surface area contributed by atoms with Gasteiger partial charge in [0.25, 0.3) is 5.91 Å². The van der Waals surface area contributed by atoms with Crippen LogP contribution in [0.1, 0.15) is 21.6 Å². The predicted molar refractivity (Wildman–Crippen MR) is 114 cm³/mol. The maximum Gasteiger partial charge on any atom is 0.254 e. The summed E-state index contributed by atoms with van der Waals surface area (Å²) in [4.78, 5) is 25.7. The molecule has 9 nitrogen and oxygen atoms in total. The lowest BCUT2D eigenvalue weighted by molar-refractivity contribution is 0.0249. The molecule has 2 N–H and O–H groups in total. The molecule has 2 aromatic carbocycles. The zero-order chi connectivity index (χ0) is 22.5. The summed E-state index contributed by atoms with van der Waals surface area (Å²) in [6.45, 7) is 2.58. The van der Waals surface area contributed by atoms with E-state index in [1.165, 1.54) is 12.1 Å². The molecule has 1 fully saturated rings. The van der Waals surface area contributed by atoms with Gasteiger partial charge in [-0.05, 0) is 30.3 Å². The van der Waals surface area contributed by atoms with Gasteiger partial charge in [0, 0.05) is 61.3 Å². The number of aromatic amines is 1. The van der Waals surface area contributed by atoms with Crippen LogP contribution in [0.15, 0.2) is 42.6 Å². The average molecular weight is 448 g/mol. The van der Waals surface area contributed by atoms with Crippen LogP contribution in [0.25, 0.3) is 11.0 Å². The summed E-state index contributed by atoms with van der Waals surface area (Å²) in [5, 5.41) is 13.3. The van der Waals surface area contributed by atoms with E-state index in [2.05, 4.69) is 35.6 Å². The maximum atomic E-state index is 13.4. The number of fused-ring (bicyclic) bond motifs is 2. The van der Waals surface area contributed by atoms with Gasteiger partial charge in [0.2, 0.25) is 5.95 Å². The number of aromatic nitrogens is 5. The molecule has 1 saturated heterocycles. The van der Waals surface area contributed by atoms with E-state index in [0.29, 0.717) is 37.3 Å². The van der Waals surface area contributed by atoms with Gasteiger partial charge in [0.1, 0.15) is 17.2 Å². The predicted octanol–water partition coefficient (Wildman–Crippen LogP) is 2.61. The number of nitrogens with one attached hydrogen (secondary N) is 2. The Hall–Kier alpha value is -3.99. The molecule has 33 heavy (non-hydrogen) atoms. The minimum absolute atomic E-state index is 0.0264. The summed E-state index contributed by atoms with van der Waals surface area (Å²) in [5.41, 5.74) is 4.17. The van der Waals surface area contributed by atoms with E-state index in [1.54, 1.807) is 24.4 Å². The van der Waals surface area contributed by atoms with Crippen molar-refractivity contribution in [3.63, 3.8) is 0 Å². The van der Waals surface area contributed by atoms with Crippen LogP contribution in [-0.4, -0.2) is 60.2 Å². The Bertz CT molecular complexity index is 1360. The van der Waals surface area contributed by atoms with Crippen molar-refractivity contribution in [3.05, 3.63) is 71.1 Å². The van der Waals surface area contributed by atoms with Crippen molar-refractivity contribution in [2.24, 2.45) is 0 Å². The SMILES string of the molecule is O=C(c1ccc2[nH]nnc2c1)N1CC(N2Cc3cnc(Nc4cc(F)cc(F)c4)nc3C2)C1. The number of halogens is 2. The number of benzene rings is 2. The largest absolute Gasteiger partial charge is 0.335 e. The van der Waals surface area contributed by atoms with Crippen molar-refractivity contribution < 1.29 is 13.6 Å². The monoisotopic (exact) mass is 448 g/mol. The van der Waals surface area contributed by atoms with E-state index in [1.807, 2.05) is 4.90 Å². The molecule has 4 aromatic rings. The molecule has 166 valence electrons. The lowest BCUT2D eigenvalue weighted by Crippen LogP contribution is -2.59. The first-order valence-electron chi connectivity index (χ1n) is 10.4. The van der Waals surface area contributed by atoms with Crippen molar-refractivity contribution in [2.75, 3.05) is 18.4 Å². The minimum atomic E-state index is -0.671. The van der Waals surface area contributed by atoms with E-state index >= 15 is 0 Å². The van der Waals surface area contributed by atoms with Crippen LogP contribution < -0.4 is 5.32 Å². The van der Waals surface area contributed by atoms with E-state index in [-0.39, 0.29) is 23.6 Å². The Labute approximate surface area is 186 Å². The fraction of sp³-hybridized carbons (Fsp3) is 0.227. The summed E-state index contributed by atoms with van der Waals surface area (Å²) in [7, 11) is 0. The van der Waals surface area contributed by atoms with Gasteiger partial charge in [-0.25, -0.2) is 18.7 Å². The standard InChI is InChI=1S/C22H18F2N8O/c23-14-4-15(24)6-16(5-14)26-22-25-7-13-8-31(11-20(13)27-22)17-9-32(10-17)21(33)12-1-2-18-19(3-12)29-30-28-18/h1-7,17H,8-11H2,(H,25,26,27)(H,28,29,30). The molecule has 2 aliphatic rings. The van der Waals surface area contributed by atoms with Gasteiger partial charge >= 0.3 is 0 Å². The fourth-order valence-corrected chi connectivity index (χ4v) is 4.26. The maximum absolute atomic E-state index is 13.4. The topological polar surface area (TPSA) is 103 Å². The van der Waals surface area contributed by atoms with Gasteiger partial charge in [-0.15, -0.1) is 5.10 Å². The number of carbonyl (C=O) groups excluding carboxylic acids is 1. The highest BCUT2D eigenvalue weighted by molar-refractivity contribution is 5.97. The van der Waals surface area contributed by atoms with Crippen LogP contribution >= 0.6 is 0 Å². The van der Waals surface area contributed by atoms with Gasteiger partial charge < -0.3 is 10.2 Å². The van der Waals surface area contributed by atoms with E-state index in [0.717, 1.165) is 22.8 Å². The molecule has 0 unspecified atom stereocenters. The highest BCUT2D eigenvalue weighted by Crippen LogP contribution is 2.29. The molecule has 0 radical (unpaired) electrons. The number of likely N-dealkylation sites (tertiary alicyclic amines) is 1. The van der Waals surface area contributed by atoms with Crippen molar-refractivity contribution in [1.82, 2.24) is 35.2 Å². The molecular weight excluding hydrogens is 430 g/mol. The van der Waals surface area contributed by atoms with Crippen molar-refractivity contribution >= 4 is 28.6 Å². The third-order valence-corrected chi connectivity index (χ3v) is 6.04. The normalized spacial score (nSPS) is 16.1. The van der Waals surface area contributed by atoms with Gasteiger partial charge in [-0.1, -0.05) is 5.21 Å². The van der Waals surface area contributed by atoms with Gasteiger partial charge in [-0.3, -0.25) is 14.8 Å². The third kappa shape index (κ3) is 3.65. The van der Waals surface area contributed by atoms with Crippen molar-refractivity contribution in [1.29, 1.82) is 0 Å². The van der Waals surface area contributed by atoms with Crippen LogP contribution in [-0.2, 0) is 13.1 Å². The highest BCUT2D eigenvalue weighted by atomic mass is 19.1. The lowest BCUT2D eigenvalue weighted by atomic mass is 10.0. The number of hydrogen-bond acceptors (Lipinski definition) is 7. The van der Waals surface area contributed by atoms with Crippen LogP contribution in [0.2, 0.25) is 0 Å². The molecular formula is C22H18F2N8O. The number of nitrogens with zero attached hydrogens (tertiary/aromatic N) is 6. The summed E-state index contributed by atoms with van der Waals surface area (Å²) in [5.74, 6) is -1.08. The average Bonchev–Trinajstić information content (AvgIpc) is 3.37. The molecule has 1 amide bonds. The summed E-state index contributed by atoms with van der Waals surface area (Å²) in [6.07, 6.45) is 1.73.